The van der Waals surface area contributed by atoms with Crippen LogP contribution in [0.4, 0.5) is 5.82 Å². The number of nitrogens with one attached hydrogen (secondary N) is 1. The summed E-state index contributed by atoms with van der Waals surface area (Å²) < 4.78 is 0. The summed E-state index contributed by atoms with van der Waals surface area (Å²) in [4.78, 5) is 9.84. The molecule has 3 heterocycles. The fourth-order valence-corrected chi connectivity index (χ4v) is 3.50. The first-order valence-electron chi connectivity index (χ1n) is 7.83. The van der Waals surface area contributed by atoms with Crippen LogP contribution < -0.4 is 10.2 Å². The lowest BCUT2D eigenvalue weighted by Crippen LogP contribution is -2.55. The first-order chi connectivity index (χ1) is 9.69. The maximum Gasteiger partial charge on any atom is 0.128 e. The van der Waals surface area contributed by atoms with Gasteiger partial charge < -0.3 is 10.2 Å². The molecule has 0 amide bonds. The second kappa shape index (κ2) is 5.70. The highest BCUT2D eigenvalue weighted by molar-refractivity contribution is 5.42. The van der Waals surface area contributed by atoms with Gasteiger partial charge in [-0.15, -0.1) is 0 Å². The van der Waals surface area contributed by atoms with Crippen LogP contribution in [0, 0.1) is 0 Å². The van der Waals surface area contributed by atoms with Gasteiger partial charge in [-0.1, -0.05) is 6.07 Å². The minimum atomic E-state index is 0.362. The molecule has 2 fully saturated rings. The zero-order valence-corrected chi connectivity index (χ0v) is 12.8. The lowest BCUT2D eigenvalue weighted by atomic mass is 10.1. The molecule has 0 aliphatic carbocycles. The summed E-state index contributed by atoms with van der Waals surface area (Å²) in [6.45, 7) is 8.09. The molecule has 1 aromatic heterocycles. The minimum Gasteiger partial charge on any atom is -0.351 e. The molecule has 0 bridgehead atoms. The maximum absolute atomic E-state index is 4.70. The number of aromatic nitrogens is 1. The monoisotopic (exact) mass is 274 g/mol. The van der Waals surface area contributed by atoms with Crippen LogP contribution in [0.5, 0.6) is 0 Å². The Morgan fingerprint density at radius 1 is 1.35 bits per heavy atom. The molecule has 20 heavy (non-hydrogen) atoms. The summed E-state index contributed by atoms with van der Waals surface area (Å²) in [5.41, 5.74) is 1.25. The van der Waals surface area contributed by atoms with Gasteiger partial charge in [-0.2, -0.15) is 0 Å². The normalized spacial score (nSPS) is 28.4. The zero-order chi connectivity index (χ0) is 14.1. The summed E-state index contributed by atoms with van der Waals surface area (Å²) in [5, 5.41) is 3.26. The molecule has 3 rings (SSSR count). The van der Waals surface area contributed by atoms with Crippen LogP contribution in [0.2, 0.25) is 0 Å². The predicted octanol–water partition coefficient (Wildman–Crippen LogP) is 2.03. The molecule has 2 aliphatic heterocycles. The quantitative estimate of drug-likeness (QED) is 0.914. The number of nitrogens with zero attached hydrogens (tertiary/aromatic N) is 3. The van der Waals surface area contributed by atoms with Gasteiger partial charge in [-0.05, 0) is 51.9 Å². The van der Waals surface area contributed by atoms with Crippen LogP contribution in [-0.2, 0) is 0 Å². The lowest BCUT2D eigenvalue weighted by Gasteiger charge is -2.43. The third-order valence-electron chi connectivity index (χ3n) is 4.94. The molecule has 110 valence electrons. The topological polar surface area (TPSA) is 31.4 Å². The van der Waals surface area contributed by atoms with Crippen LogP contribution in [0.25, 0.3) is 0 Å². The molecule has 1 aromatic rings. The summed E-state index contributed by atoms with van der Waals surface area (Å²) in [6, 6.07) is 6.05. The van der Waals surface area contributed by atoms with Crippen molar-refractivity contribution < 1.29 is 0 Å². The van der Waals surface area contributed by atoms with Crippen LogP contribution in [0.1, 0.15) is 38.3 Å². The van der Waals surface area contributed by atoms with Crippen molar-refractivity contribution >= 4 is 5.82 Å². The first-order valence-corrected chi connectivity index (χ1v) is 7.83. The molecule has 3 unspecified atom stereocenters. The number of pyridine rings is 1. The smallest absolute Gasteiger partial charge is 0.128 e. The van der Waals surface area contributed by atoms with Crippen molar-refractivity contribution in [2.24, 2.45) is 0 Å². The average molecular weight is 274 g/mol. The van der Waals surface area contributed by atoms with Gasteiger partial charge in [0.05, 0.1) is 0 Å². The Kier molecular flexibility index (Phi) is 3.94. The lowest BCUT2D eigenvalue weighted by molar-refractivity contribution is 0.202. The summed E-state index contributed by atoms with van der Waals surface area (Å²) in [6.07, 6.45) is 4.72. The van der Waals surface area contributed by atoms with Crippen LogP contribution in [0.3, 0.4) is 0 Å². The van der Waals surface area contributed by atoms with E-state index in [1.165, 1.54) is 31.5 Å². The zero-order valence-electron chi connectivity index (χ0n) is 12.8. The van der Waals surface area contributed by atoms with Gasteiger partial charge in [0.25, 0.3) is 0 Å². The van der Waals surface area contributed by atoms with Gasteiger partial charge in [0.15, 0.2) is 0 Å². The second-order valence-corrected chi connectivity index (χ2v) is 6.25. The number of hydrogen-bond acceptors (Lipinski definition) is 4. The highest BCUT2D eigenvalue weighted by atomic mass is 15.3. The van der Waals surface area contributed by atoms with E-state index in [2.05, 4.69) is 41.1 Å². The van der Waals surface area contributed by atoms with E-state index >= 15 is 0 Å². The van der Waals surface area contributed by atoms with E-state index in [1.807, 2.05) is 13.2 Å². The van der Waals surface area contributed by atoms with Crippen molar-refractivity contribution in [1.82, 2.24) is 15.2 Å². The molecular formula is C16H26N4. The molecule has 0 spiro atoms. The second-order valence-electron chi connectivity index (χ2n) is 6.25. The summed E-state index contributed by atoms with van der Waals surface area (Å²) >= 11 is 0. The Hall–Kier alpha value is -1.13. The van der Waals surface area contributed by atoms with Crippen molar-refractivity contribution in [3.8, 4) is 0 Å². The fraction of sp³-hybridized carbons (Fsp3) is 0.688. The van der Waals surface area contributed by atoms with Crippen molar-refractivity contribution in [3.05, 3.63) is 23.9 Å². The Morgan fingerprint density at radius 2 is 2.20 bits per heavy atom. The molecule has 0 radical (unpaired) electrons. The Bertz CT molecular complexity index is 444. The number of rotatable bonds is 3. The third kappa shape index (κ3) is 2.54. The van der Waals surface area contributed by atoms with Crippen molar-refractivity contribution in [3.63, 3.8) is 0 Å². The van der Waals surface area contributed by atoms with E-state index in [0.29, 0.717) is 12.1 Å². The molecule has 4 heteroatoms. The standard InChI is InChI=1S/C16H26N4/c1-12-10-19-8-4-5-15(19)11-20(12)16-7-6-14(9-18-16)13(2)17-3/h6-7,9,12-13,15,17H,4-5,8,10-11H2,1-3H3. The highest BCUT2D eigenvalue weighted by Crippen LogP contribution is 2.28. The number of fused-ring (bicyclic) bond motifs is 1. The average Bonchev–Trinajstić information content (AvgIpc) is 2.93. The van der Waals surface area contributed by atoms with Gasteiger partial charge >= 0.3 is 0 Å². The Morgan fingerprint density at radius 3 is 2.90 bits per heavy atom. The van der Waals surface area contributed by atoms with Crippen molar-refractivity contribution in [1.29, 1.82) is 0 Å². The van der Waals surface area contributed by atoms with Crippen molar-refractivity contribution in [2.45, 2.75) is 44.8 Å². The van der Waals surface area contributed by atoms with Crippen LogP contribution in [-0.4, -0.2) is 48.6 Å². The van der Waals surface area contributed by atoms with Crippen molar-refractivity contribution in [2.75, 3.05) is 31.6 Å². The number of hydrogen-bond donors (Lipinski definition) is 1. The van der Waals surface area contributed by atoms with E-state index in [1.54, 1.807) is 0 Å². The van der Waals surface area contributed by atoms with E-state index in [9.17, 15) is 0 Å². The molecule has 4 nitrogen and oxygen atoms in total. The van der Waals surface area contributed by atoms with E-state index in [-0.39, 0.29) is 0 Å². The fourth-order valence-electron chi connectivity index (χ4n) is 3.50. The Balaban J connectivity index is 1.74. The van der Waals surface area contributed by atoms with Gasteiger partial charge in [-0.3, -0.25) is 4.90 Å². The third-order valence-corrected chi connectivity index (χ3v) is 4.94. The molecule has 3 atom stereocenters. The SMILES string of the molecule is CNC(C)c1ccc(N2CC3CCCN3CC2C)nc1. The van der Waals surface area contributed by atoms with Crippen LogP contribution in [0.15, 0.2) is 18.3 Å². The molecule has 2 aliphatic rings. The maximum atomic E-state index is 4.70. The molecule has 1 N–H and O–H groups in total. The largest absolute Gasteiger partial charge is 0.351 e. The molecular weight excluding hydrogens is 248 g/mol. The number of anilines is 1. The number of piperazine rings is 1. The minimum absolute atomic E-state index is 0.362. The molecule has 0 saturated carbocycles. The van der Waals surface area contributed by atoms with Gasteiger partial charge in [-0.25, -0.2) is 4.98 Å². The van der Waals surface area contributed by atoms with Gasteiger partial charge in [0.1, 0.15) is 5.82 Å². The molecule has 2 saturated heterocycles. The van der Waals surface area contributed by atoms with E-state index in [4.69, 9.17) is 4.98 Å². The Labute approximate surface area is 122 Å². The van der Waals surface area contributed by atoms with E-state index < -0.39 is 0 Å². The van der Waals surface area contributed by atoms with Gasteiger partial charge in [0, 0.05) is 37.4 Å². The first kappa shape index (κ1) is 13.8. The van der Waals surface area contributed by atoms with E-state index in [0.717, 1.165) is 18.4 Å². The van der Waals surface area contributed by atoms with Crippen LogP contribution >= 0.6 is 0 Å². The summed E-state index contributed by atoms with van der Waals surface area (Å²) in [5.74, 6) is 1.14. The summed E-state index contributed by atoms with van der Waals surface area (Å²) in [7, 11) is 1.99. The highest BCUT2D eigenvalue weighted by Gasteiger charge is 2.34. The predicted molar refractivity (Wildman–Crippen MR) is 83.1 cm³/mol. The molecule has 0 aromatic carbocycles. The van der Waals surface area contributed by atoms with Gasteiger partial charge in [0.2, 0.25) is 0 Å².